The molecule has 0 spiro atoms. The first-order valence-electron chi connectivity index (χ1n) is 2.65. The Morgan fingerprint density at radius 1 is 1.86 bits per heavy atom. The monoisotopic (exact) mass is 94.1 g/mol. The molecular weight excluding hydrogens is 86.1 g/mol. The summed E-state index contributed by atoms with van der Waals surface area (Å²) in [7, 11) is 0. The molecule has 0 aromatic rings. The minimum absolute atomic E-state index is 0.806. The van der Waals surface area contributed by atoms with Crippen LogP contribution in [0.4, 0.5) is 0 Å². The van der Waals surface area contributed by atoms with E-state index in [-0.39, 0.29) is 0 Å². The van der Waals surface area contributed by atoms with Crippen LogP contribution in [0.2, 0.25) is 0 Å². The highest BCUT2D eigenvalue weighted by Crippen LogP contribution is 2.18. The van der Waals surface area contributed by atoms with Crippen molar-refractivity contribution >= 4 is 6.21 Å². The molecule has 2 rings (SSSR count). The fourth-order valence-corrected chi connectivity index (χ4v) is 1.07. The Bertz CT molecular complexity index is 165. The molecule has 0 aromatic carbocycles. The quantitative estimate of drug-likeness (QED) is 0.302. The lowest BCUT2D eigenvalue weighted by atomic mass is 10.3. The SMILES string of the molecule is CC1=C[C@H]2C[N+]2=C1. The molecule has 1 atom stereocenters. The third kappa shape index (κ3) is 0.350. The molecule has 2 heterocycles. The van der Waals surface area contributed by atoms with Crippen molar-refractivity contribution in [2.24, 2.45) is 0 Å². The standard InChI is InChI=1S/C6H8N/c1-5-2-6-4-7(6)3-5/h2-3,6H,4H2,1H3/q+1/t6-/m0/s1. The Morgan fingerprint density at radius 3 is 3.00 bits per heavy atom. The Balaban J connectivity index is 2.41. The molecular formula is C6H8N+. The molecule has 0 N–H and O–H groups in total. The molecule has 0 unspecified atom stereocenters. The van der Waals surface area contributed by atoms with E-state index in [9.17, 15) is 0 Å². The number of hydrogen-bond acceptors (Lipinski definition) is 0. The van der Waals surface area contributed by atoms with Gasteiger partial charge in [-0.25, -0.2) is 4.58 Å². The van der Waals surface area contributed by atoms with Crippen LogP contribution in [0.3, 0.4) is 0 Å². The van der Waals surface area contributed by atoms with Gasteiger partial charge in [0.15, 0.2) is 6.21 Å². The van der Waals surface area contributed by atoms with Crippen molar-refractivity contribution in [1.29, 1.82) is 0 Å². The maximum absolute atomic E-state index is 2.33. The summed E-state index contributed by atoms with van der Waals surface area (Å²) in [6.45, 7) is 3.42. The van der Waals surface area contributed by atoms with Gasteiger partial charge in [-0.2, -0.15) is 0 Å². The first-order valence-corrected chi connectivity index (χ1v) is 2.65. The van der Waals surface area contributed by atoms with Gasteiger partial charge in [-0.15, -0.1) is 0 Å². The second-order valence-corrected chi connectivity index (χ2v) is 2.30. The van der Waals surface area contributed by atoms with E-state index in [2.05, 4.69) is 23.8 Å². The third-order valence-electron chi connectivity index (χ3n) is 1.52. The maximum atomic E-state index is 2.33. The van der Waals surface area contributed by atoms with E-state index in [1.807, 2.05) is 0 Å². The number of nitrogens with zero attached hydrogens (tertiary/aromatic N) is 1. The van der Waals surface area contributed by atoms with Gasteiger partial charge in [-0.1, -0.05) is 0 Å². The smallest absolute Gasteiger partial charge is 0.216 e. The van der Waals surface area contributed by atoms with Gasteiger partial charge in [0.05, 0.1) is 0 Å². The largest absolute Gasteiger partial charge is 0.230 e. The second-order valence-electron chi connectivity index (χ2n) is 2.30. The number of allylic oxidation sites excluding steroid dienone is 1. The summed E-state index contributed by atoms with van der Waals surface area (Å²) in [6.07, 6.45) is 4.52. The van der Waals surface area contributed by atoms with Gasteiger partial charge in [-0.3, -0.25) is 0 Å². The predicted molar refractivity (Wildman–Crippen MR) is 28.7 cm³/mol. The van der Waals surface area contributed by atoms with E-state index in [0.29, 0.717) is 0 Å². The summed E-state index contributed by atoms with van der Waals surface area (Å²) < 4.78 is 2.33. The van der Waals surface area contributed by atoms with Crippen molar-refractivity contribution in [1.82, 2.24) is 0 Å². The zero-order chi connectivity index (χ0) is 4.85. The van der Waals surface area contributed by atoms with Crippen molar-refractivity contribution in [2.45, 2.75) is 13.0 Å². The molecule has 0 bridgehead atoms. The molecule has 0 amide bonds. The number of hydrogen-bond donors (Lipinski definition) is 0. The van der Waals surface area contributed by atoms with E-state index >= 15 is 0 Å². The first-order chi connectivity index (χ1) is 3.36. The van der Waals surface area contributed by atoms with E-state index in [1.165, 1.54) is 12.1 Å². The maximum Gasteiger partial charge on any atom is 0.230 e. The van der Waals surface area contributed by atoms with Crippen LogP contribution in [-0.2, 0) is 0 Å². The van der Waals surface area contributed by atoms with Crippen molar-refractivity contribution < 1.29 is 4.58 Å². The average molecular weight is 94.1 g/mol. The van der Waals surface area contributed by atoms with E-state index < -0.39 is 0 Å². The van der Waals surface area contributed by atoms with E-state index in [1.54, 1.807) is 0 Å². The van der Waals surface area contributed by atoms with Crippen molar-refractivity contribution in [3.05, 3.63) is 11.6 Å². The molecule has 0 radical (unpaired) electrons. The molecule has 2 aliphatic heterocycles. The highest BCUT2D eigenvalue weighted by atomic mass is 15.2. The zero-order valence-electron chi connectivity index (χ0n) is 4.39. The topological polar surface area (TPSA) is 3.01 Å². The van der Waals surface area contributed by atoms with Crippen LogP contribution in [0.1, 0.15) is 6.92 Å². The predicted octanol–water partition coefficient (Wildman–Crippen LogP) is 0.412. The fourth-order valence-electron chi connectivity index (χ4n) is 1.07. The van der Waals surface area contributed by atoms with Crippen LogP contribution in [0.5, 0.6) is 0 Å². The van der Waals surface area contributed by atoms with Gasteiger partial charge in [-0.05, 0) is 13.0 Å². The Labute approximate surface area is 43.0 Å². The summed E-state index contributed by atoms with van der Waals surface area (Å²) in [6, 6.07) is 0.806. The first kappa shape index (κ1) is 3.42. The highest BCUT2D eigenvalue weighted by molar-refractivity contribution is 5.76. The molecule has 1 nitrogen and oxygen atoms in total. The molecule has 7 heavy (non-hydrogen) atoms. The third-order valence-corrected chi connectivity index (χ3v) is 1.52. The molecule has 0 aliphatic carbocycles. The normalized spacial score (nSPS) is 34.1. The summed E-state index contributed by atoms with van der Waals surface area (Å²) in [5.74, 6) is 0. The number of rotatable bonds is 0. The molecule has 36 valence electrons. The minimum Gasteiger partial charge on any atom is -0.216 e. The van der Waals surface area contributed by atoms with E-state index in [4.69, 9.17) is 0 Å². The lowest BCUT2D eigenvalue weighted by molar-refractivity contribution is -0.342. The summed E-state index contributed by atoms with van der Waals surface area (Å²) in [5.41, 5.74) is 1.43. The van der Waals surface area contributed by atoms with E-state index in [0.717, 1.165) is 6.04 Å². The highest BCUT2D eigenvalue weighted by Gasteiger charge is 2.41. The van der Waals surface area contributed by atoms with Gasteiger partial charge in [0, 0.05) is 5.57 Å². The summed E-state index contributed by atoms with van der Waals surface area (Å²) >= 11 is 0. The van der Waals surface area contributed by atoms with Gasteiger partial charge >= 0.3 is 0 Å². The summed E-state index contributed by atoms with van der Waals surface area (Å²) in [5, 5.41) is 0. The lowest BCUT2D eigenvalue weighted by Crippen LogP contribution is -1.77. The van der Waals surface area contributed by atoms with Crippen molar-refractivity contribution in [2.75, 3.05) is 6.54 Å². The second kappa shape index (κ2) is 0.808. The van der Waals surface area contributed by atoms with Crippen molar-refractivity contribution in [3.8, 4) is 0 Å². The molecule has 2 aliphatic rings. The zero-order valence-corrected chi connectivity index (χ0v) is 4.39. The van der Waals surface area contributed by atoms with Gasteiger partial charge in [0.25, 0.3) is 0 Å². The Morgan fingerprint density at radius 2 is 2.71 bits per heavy atom. The van der Waals surface area contributed by atoms with Crippen LogP contribution in [0.25, 0.3) is 0 Å². The van der Waals surface area contributed by atoms with Crippen LogP contribution in [0.15, 0.2) is 11.6 Å². The average Bonchev–Trinajstić information content (AvgIpc) is 2.15. The van der Waals surface area contributed by atoms with Crippen LogP contribution in [0, 0.1) is 0 Å². The minimum atomic E-state index is 0.806. The molecule has 0 aromatic heterocycles. The van der Waals surface area contributed by atoms with Crippen LogP contribution < -0.4 is 0 Å². The van der Waals surface area contributed by atoms with Crippen molar-refractivity contribution in [3.63, 3.8) is 0 Å². The van der Waals surface area contributed by atoms with Gasteiger partial charge in [0.1, 0.15) is 0 Å². The molecule has 1 saturated heterocycles. The summed E-state index contributed by atoms with van der Waals surface area (Å²) in [4.78, 5) is 0. The molecule has 1 fully saturated rings. The lowest BCUT2D eigenvalue weighted by Gasteiger charge is -1.69. The van der Waals surface area contributed by atoms with Crippen LogP contribution in [-0.4, -0.2) is 23.4 Å². The van der Waals surface area contributed by atoms with Crippen LogP contribution >= 0.6 is 0 Å². The Hall–Kier alpha value is -0.590. The Kier molecular flexibility index (Phi) is 0.394. The molecule has 0 saturated carbocycles. The van der Waals surface area contributed by atoms with Gasteiger partial charge < -0.3 is 0 Å². The fraction of sp³-hybridized carbons (Fsp3) is 0.500. The molecule has 1 heteroatoms. The number of fused-ring (bicyclic) bond motifs is 1. The van der Waals surface area contributed by atoms with Gasteiger partial charge in [0.2, 0.25) is 12.6 Å².